The normalized spacial score (nSPS) is 18.4. The molecule has 0 saturated carbocycles. The first-order valence-corrected chi connectivity index (χ1v) is 12.9. The summed E-state index contributed by atoms with van der Waals surface area (Å²) < 4.78 is 6.05. The largest absolute Gasteiger partial charge is 0.508 e. The molecule has 1 saturated heterocycles. The van der Waals surface area contributed by atoms with E-state index in [1.54, 1.807) is 12.1 Å². The molecule has 0 unspecified atom stereocenters. The highest BCUT2D eigenvalue weighted by Gasteiger charge is 2.28. The van der Waals surface area contributed by atoms with Gasteiger partial charge in [0.15, 0.2) is 0 Å². The molecule has 1 N–H and O–H groups in total. The molecular formula is C29H35NO3S. The first-order chi connectivity index (χ1) is 16.5. The number of hydrogen-bond acceptors (Lipinski definition) is 5. The molecule has 0 radical (unpaired) electrons. The van der Waals surface area contributed by atoms with Gasteiger partial charge in [0.05, 0.1) is 0 Å². The monoisotopic (exact) mass is 477 g/mol. The van der Waals surface area contributed by atoms with Crippen molar-refractivity contribution in [2.24, 2.45) is 5.92 Å². The second-order valence-corrected chi connectivity index (χ2v) is 10.0. The maximum absolute atomic E-state index is 13.0. The van der Waals surface area contributed by atoms with Crippen LogP contribution in [0.2, 0.25) is 0 Å². The summed E-state index contributed by atoms with van der Waals surface area (Å²) in [5.41, 5.74) is 0.912. The molecule has 0 amide bonds. The van der Waals surface area contributed by atoms with Crippen LogP contribution < -0.4 is 0 Å². The van der Waals surface area contributed by atoms with Crippen LogP contribution in [-0.2, 0) is 16.0 Å². The van der Waals surface area contributed by atoms with Crippen molar-refractivity contribution in [3.05, 3.63) is 71.4 Å². The van der Waals surface area contributed by atoms with Crippen LogP contribution in [0.4, 0.5) is 0 Å². The van der Waals surface area contributed by atoms with E-state index in [-0.39, 0.29) is 23.6 Å². The number of carbonyl (C=O) groups is 1. The zero-order valence-electron chi connectivity index (χ0n) is 20.0. The van der Waals surface area contributed by atoms with E-state index in [1.807, 2.05) is 24.3 Å². The zero-order chi connectivity index (χ0) is 24.3. The second kappa shape index (κ2) is 13.3. The fraction of sp³-hybridized carbons (Fsp3) is 0.414. The number of ether oxygens (including phenoxy) is 1. The maximum atomic E-state index is 13.0. The van der Waals surface area contributed by atoms with Crippen molar-refractivity contribution < 1.29 is 14.6 Å². The molecular weight excluding hydrogens is 442 g/mol. The number of terminal acetylenes is 1. The molecule has 2 aliphatic rings. The summed E-state index contributed by atoms with van der Waals surface area (Å²) in [6, 6.07) is 5.18. The molecule has 180 valence electrons. The second-order valence-electron chi connectivity index (χ2n) is 8.80. The predicted octanol–water partition coefficient (Wildman–Crippen LogP) is 6.04. The number of hydrogen-bond donors (Lipinski definition) is 1. The first-order valence-electron chi connectivity index (χ1n) is 12.0. The number of phenolic OH excluding ortho intramolecular Hbond substituents is 1. The highest BCUT2D eigenvalue weighted by molar-refractivity contribution is 8.03. The fourth-order valence-electron chi connectivity index (χ4n) is 4.01. The lowest BCUT2D eigenvalue weighted by Gasteiger charge is -2.39. The number of phenols is 1. The van der Waals surface area contributed by atoms with Gasteiger partial charge >= 0.3 is 0 Å². The number of thioether (sulfide) groups is 1. The summed E-state index contributed by atoms with van der Waals surface area (Å²) in [6.45, 7) is 9.41. The lowest BCUT2D eigenvalue weighted by Crippen LogP contribution is -2.52. The molecule has 0 aromatic heterocycles. The van der Waals surface area contributed by atoms with Gasteiger partial charge in [0.25, 0.3) is 0 Å². The van der Waals surface area contributed by atoms with Gasteiger partial charge in [-0.25, -0.2) is 0 Å². The molecule has 5 heteroatoms. The molecule has 34 heavy (non-hydrogen) atoms. The number of unbranched alkanes of at least 4 members (excludes halogenated alkanes) is 1. The Hall–Kier alpha value is -2.68. The quantitative estimate of drug-likeness (QED) is 0.162. The molecule has 1 fully saturated rings. The van der Waals surface area contributed by atoms with Crippen LogP contribution in [0.15, 0.2) is 70.7 Å². The molecule has 1 aromatic rings. The highest BCUT2D eigenvalue weighted by Crippen LogP contribution is 2.34. The molecule has 3 rings (SSSR count). The van der Waals surface area contributed by atoms with E-state index in [4.69, 9.17) is 11.2 Å². The number of rotatable bonds is 13. The standard InChI is InChI=1S/C29H35NO3S/c1-4-6-7-8-9-10-22(3)34-29-19-25(31)14-11-24(29)18-28(32)23-12-15-26(16-13-23)33-27-20-30(21-27)17-5-2/h1,8-9,11-12,14-16,19,23,27,31H,3,5-7,10,13,17-18,20-21H2,2H3/b9-8-/t23-/m0/s1. The van der Waals surface area contributed by atoms with E-state index in [9.17, 15) is 9.90 Å². The van der Waals surface area contributed by atoms with Gasteiger partial charge in [-0.1, -0.05) is 49.6 Å². The minimum atomic E-state index is -0.153. The lowest BCUT2D eigenvalue weighted by atomic mass is 9.91. The minimum absolute atomic E-state index is 0.153. The Morgan fingerprint density at radius 2 is 2.21 bits per heavy atom. The summed E-state index contributed by atoms with van der Waals surface area (Å²) in [5, 5.41) is 9.98. The molecule has 1 aromatic carbocycles. The van der Waals surface area contributed by atoms with E-state index >= 15 is 0 Å². The van der Waals surface area contributed by atoms with Crippen LogP contribution in [0.3, 0.4) is 0 Å². The van der Waals surface area contributed by atoms with Gasteiger partial charge in [0, 0.05) is 36.7 Å². The van der Waals surface area contributed by atoms with Gasteiger partial charge in [0.1, 0.15) is 23.4 Å². The summed E-state index contributed by atoms with van der Waals surface area (Å²) in [7, 11) is 0. The average Bonchev–Trinajstić information content (AvgIpc) is 2.79. The Bertz CT molecular complexity index is 995. The number of likely N-dealkylation sites (tertiary alicyclic amines) is 1. The van der Waals surface area contributed by atoms with Crippen molar-refractivity contribution in [3.63, 3.8) is 0 Å². The number of Topliss-reactive ketones (excluding diaryl/α,β-unsaturated/α-hetero) is 1. The summed E-state index contributed by atoms with van der Waals surface area (Å²) in [4.78, 5) is 17.2. The molecule has 4 nitrogen and oxygen atoms in total. The number of allylic oxidation sites excluding steroid dienone is 6. The van der Waals surface area contributed by atoms with E-state index < -0.39 is 0 Å². The van der Waals surface area contributed by atoms with E-state index in [0.29, 0.717) is 19.3 Å². The Morgan fingerprint density at radius 1 is 1.38 bits per heavy atom. The Balaban J connectivity index is 1.51. The van der Waals surface area contributed by atoms with Crippen LogP contribution in [-0.4, -0.2) is 41.5 Å². The van der Waals surface area contributed by atoms with Gasteiger partial charge in [-0.05, 0) is 67.0 Å². The van der Waals surface area contributed by atoms with Crippen LogP contribution in [0.5, 0.6) is 5.75 Å². The van der Waals surface area contributed by atoms with Gasteiger partial charge in [0.2, 0.25) is 0 Å². The summed E-state index contributed by atoms with van der Waals surface area (Å²) in [5.74, 6) is 3.69. The lowest BCUT2D eigenvalue weighted by molar-refractivity contribution is -0.120. The summed E-state index contributed by atoms with van der Waals surface area (Å²) >= 11 is 1.50. The van der Waals surface area contributed by atoms with Crippen LogP contribution in [0.25, 0.3) is 0 Å². The van der Waals surface area contributed by atoms with E-state index in [2.05, 4.69) is 36.5 Å². The molecule has 1 atom stereocenters. The Morgan fingerprint density at radius 3 is 2.91 bits per heavy atom. The van der Waals surface area contributed by atoms with Crippen molar-refractivity contribution in [1.29, 1.82) is 0 Å². The van der Waals surface area contributed by atoms with Crippen LogP contribution in [0.1, 0.15) is 44.6 Å². The number of nitrogens with zero attached hydrogens (tertiary/aromatic N) is 1. The van der Waals surface area contributed by atoms with Gasteiger partial charge < -0.3 is 9.84 Å². The first kappa shape index (κ1) is 25.9. The van der Waals surface area contributed by atoms with Crippen molar-refractivity contribution in [1.82, 2.24) is 4.90 Å². The molecule has 0 bridgehead atoms. The van der Waals surface area contributed by atoms with Gasteiger partial charge in [-0.2, -0.15) is 0 Å². The predicted molar refractivity (Wildman–Crippen MR) is 141 cm³/mol. The van der Waals surface area contributed by atoms with Crippen molar-refractivity contribution in [2.45, 2.75) is 56.4 Å². The zero-order valence-corrected chi connectivity index (χ0v) is 20.9. The SMILES string of the molecule is C#CCC/C=C\CC(=C)Sc1cc(O)ccc1CC(=O)[C@H]1C=CC(OC2CN(CCC)C2)=CC1. The number of aromatic hydroxyl groups is 1. The third kappa shape index (κ3) is 7.97. The number of ketones is 1. The van der Waals surface area contributed by atoms with Gasteiger partial charge in [-0.15, -0.1) is 12.3 Å². The minimum Gasteiger partial charge on any atom is -0.508 e. The average molecular weight is 478 g/mol. The molecule has 1 heterocycles. The molecule has 1 aliphatic heterocycles. The van der Waals surface area contributed by atoms with Gasteiger partial charge in [-0.3, -0.25) is 9.69 Å². The Kier molecular flexibility index (Phi) is 10.1. The number of benzene rings is 1. The summed E-state index contributed by atoms with van der Waals surface area (Å²) in [6.07, 6.45) is 20.0. The van der Waals surface area contributed by atoms with Crippen LogP contribution >= 0.6 is 11.8 Å². The van der Waals surface area contributed by atoms with Crippen molar-refractivity contribution in [3.8, 4) is 18.1 Å². The van der Waals surface area contributed by atoms with Crippen molar-refractivity contribution in [2.75, 3.05) is 19.6 Å². The van der Waals surface area contributed by atoms with E-state index in [0.717, 1.165) is 53.6 Å². The Labute approximate surface area is 208 Å². The van der Waals surface area contributed by atoms with Crippen molar-refractivity contribution >= 4 is 17.5 Å². The fourth-order valence-corrected chi connectivity index (χ4v) is 4.96. The maximum Gasteiger partial charge on any atom is 0.144 e. The smallest absolute Gasteiger partial charge is 0.144 e. The van der Waals surface area contributed by atoms with Crippen LogP contribution in [0, 0.1) is 18.3 Å². The highest BCUT2D eigenvalue weighted by atomic mass is 32.2. The molecule has 0 spiro atoms. The third-order valence-corrected chi connectivity index (χ3v) is 6.94. The topological polar surface area (TPSA) is 49.8 Å². The number of carbonyl (C=O) groups excluding carboxylic acids is 1. The van der Waals surface area contributed by atoms with E-state index in [1.165, 1.54) is 18.2 Å². The third-order valence-electron chi connectivity index (χ3n) is 5.88. The molecule has 1 aliphatic carbocycles.